The largest absolute Gasteiger partial charge is 0.489 e. The zero-order valence-electron chi connectivity index (χ0n) is 9.47. The summed E-state index contributed by atoms with van der Waals surface area (Å²) in [5.41, 5.74) is 0.650. The molecule has 0 aliphatic rings. The quantitative estimate of drug-likeness (QED) is 0.792. The fourth-order valence-electron chi connectivity index (χ4n) is 1.25. The molecule has 0 spiro atoms. The van der Waals surface area contributed by atoms with E-state index < -0.39 is 0 Å². The third-order valence-electron chi connectivity index (χ3n) is 1.85. The lowest BCUT2D eigenvalue weighted by Gasteiger charge is -2.08. The van der Waals surface area contributed by atoms with Crippen LogP contribution in [0.1, 0.15) is 19.7 Å². The van der Waals surface area contributed by atoms with E-state index in [2.05, 4.69) is 15.2 Å². The summed E-state index contributed by atoms with van der Waals surface area (Å²) in [5.74, 6) is 1.68. The van der Waals surface area contributed by atoms with Crippen molar-refractivity contribution in [2.24, 2.45) is 0 Å². The van der Waals surface area contributed by atoms with Crippen molar-refractivity contribution >= 4 is 0 Å². The second kappa shape index (κ2) is 4.30. The standard InChI is InChI=1S/C11H13N3O2/c1-7(2)15-9-4-5-10(12-6-9)11-14-13-8(3)16-11/h4-7H,1-3H3. The molecule has 84 valence electrons. The summed E-state index contributed by atoms with van der Waals surface area (Å²) in [6.07, 6.45) is 1.78. The van der Waals surface area contributed by atoms with E-state index in [9.17, 15) is 0 Å². The van der Waals surface area contributed by atoms with Gasteiger partial charge in [0.2, 0.25) is 5.89 Å². The van der Waals surface area contributed by atoms with Crippen LogP contribution in [-0.2, 0) is 0 Å². The molecular formula is C11H13N3O2. The SMILES string of the molecule is Cc1nnc(-c2ccc(OC(C)C)cn2)o1. The Morgan fingerprint density at radius 1 is 1.25 bits per heavy atom. The first kappa shape index (κ1) is 10.6. The average Bonchev–Trinajstić information content (AvgIpc) is 2.65. The van der Waals surface area contributed by atoms with Crippen LogP contribution in [0.3, 0.4) is 0 Å². The van der Waals surface area contributed by atoms with E-state index in [0.717, 1.165) is 5.75 Å². The first-order valence-electron chi connectivity index (χ1n) is 5.08. The summed E-state index contributed by atoms with van der Waals surface area (Å²) in [4.78, 5) is 4.19. The Hall–Kier alpha value is -1.91. The summed E-state index contributed by atoms with van der Waals surface area (Å²) in [6.45, 7) is 5.68. The first-order valence-corrected chi connectivity index (χ1v) is 5.08. The van der Waals surface area contributed by atoms with E-state index >= 15 is 0 Å². The number of hydrogen-bond acceptors (Lipinski definition) is 5. The number of aromatic nitrogens is 3. The van der Waals surface area contributed by atoms with Gasteiger partial charge in [0.15, 0.2) is 0 Å². The molecule has 5 nitrogen and oxygen atoms in total. The Bertz CT molecular complexity index is 462. The Morgan fingerprint density at radius 2 is 2.06 bits per heavy atom. The third-order valence-corrected chi connectivity index (χ3v) is 1.85. The molecular weight excluding hydrogens is 206 g/mol. The zero-order valence-corrected chi connectivity index (χ0v) is 9.47. The minimum Gasteiger partial charge on any atom is -0.489 e. The van der Waals surface area contributed by atoms with Crippen molar-refractivity contribution in [1.29, 1.82) is 0 Å². The Labute approximate surface area is 93.5 Å². The van der Waals surface area contributed by atoms with E-state index in [4.69, 9.17) is 9.15 Å². The fourth-order valence-corrected chi connectivity index (χ4v) is 1.25. The van der Waals surface area contributed by atoms with Gasteiger partial charge >= 0.3 is 0 Å². The molecule has 2 rings (SSSR count). The van der Waals surface area contributed by atoms with Gasteiger partial charge in [-0.05, 0) is 26.0 Å². The topological polar surface area (TPSA) is 61.0 Å². The van der Waals surface area contributed by atoms with Crippen molar-refractivity contribution < 1.29 is 9.15 Å². The fraction of sp³-hybridized carbons (Fsp3) is 0.364. The van der Waals surface area contributed by atoms with E-state index in [-0.39, 0.29) is 6.10 Å². The molecule has 0 unspecified atom stereocenters. The summed E-state index contributed by atoms with van der Waals surface area (Å²) in [6, 6.07) is 3.63. The maximum absolute atomic E-state index is 5.48. The molecule has 0 aromatic carbocycles. The molecule has 5 heteroatoms. The minimum atomic E-state index is 0.137. The molecule has 0 aliphatic carbocycles. The average molecular weight is 219 g/mol. The molecule has 2 aromatic rings. The molecule has 0 saturated heterocycles. The van der Waals surface area contributed by atoms with Crippen LogP contribution in [-0.4, -0.2) is 21.3 Å². The maximum atomic E-state index is 5.48. The van der Waals surface area contributed by atoms with Gasteiger partial charge in [0.05, 0.1) is 12.3 Å². The highest BCUT2D eigenvalue weighted by atomic mass is 16.5. The molecule has 0 radical (unpaired) electrons. The lowest BCUT2D eigenvalue weighted by molar-refractivity contribution is 0.241. The molecule has 0 bridgehead atoms. The molecule has 2 aromatic heterocycles. The number of aryl methyl sites for hydroxylation is 1. The third kappa shape index (κ3) is 2.36. The van der Waals surface area contributed by atoms with Gasteiger partial charge in [0.25, 0.3) is 5.89 Å². The molecule has 0 aliphatic heterocycles. The number of ether oxygens (including phenoxy) is 1. The van der Waals surface area contributed by atoms with Crippen molar-refractivity contribution in [3.63, 3.8) is 0 Å². The lowest BCUT2D eigenvalue weighted by Crippen LogP contribution is -2.05. The van der Waals surface area contributed by atoms with Crippen LogP contribution in [0.25, 0.3) is 11.6 Å². The van der Waals surface area contributed by atoms with E-state index in [1.807, 2.05) is 19.9 Å². The maximum Gasteiger partial charge on any atom is 0.266 e. The monoisotopic (exact) mass is 219 g/mol. The summed E-state index contributed by atoms with van der Waals surface area (Å²) >= 11 is 0. The number of pyridine rings is 1. The van der Waals surface area contributed by atoms with Crippen LogP contribution in [0.4, 0.5) is 0 Å². The van der Waals surface area contributed by atoms with Gasteiger partial charge in [0, 0.05) is 6.92 Å². The second-order valence-corrected chi connectivity index (χ2v) is 3.67. The Balaban J connectivity index is 2.19. The molecule has 0 amide bonds. The van der Waals surface area contributed by atoms with Gasteiger partial charge in [0.1, 0.15) is 11.4 Å². The molecule has 0 fully saturated rings. The zero-order chi connectivity index (χ0) is 11.5. The first-order chi connectivity index (χ1) is 7.65. The van der Waals surface area contributed by atoms with E-state index in [1.165, 1.54) is 0 Å². The van der Waals surface area contributed by atoms with Crippen molar-refractivity contribution in [2.75, 3.05) is 0 Å². The molecule has 0 saturated carbocycles. The van der Waals surface area contributed by atoms with Crippen molar-refractivity contribution in [1.82, 2.24) is 15.2 Å². The van der Waals surface area contributed by atoms with Gasteiger partial charge in [-0.2, -0.15) is 0 Å². The van der Waals surface area contributed by atoms with Gasteiger partial charge in [-0.3, -0.25) is 0 Å². The van der Waals surface area contributed by atoms with E-state index in [0.29, 0.717) is 17.5 Å². The van der Waals surface area contributed by atoms with Crippen LogP contribution in [0.15, 0.2) is 22.7 Å². The molecule has 0 atom stereocenters. The van der Waals surface area contributed by atoms with Crippen molar-refractivity contribution in [3.05, 3.63) is 24.2 Å². The number of hydrogen-bond donors (Lipinski definition) is 0. The highest BCUT2D eigenvalue weighted by Crippen LogP contribution is 2.18. The summed E-state index contributed by atoms with van der Waals surface area (Å²) in [7, 11) is 0. The normalized spacial score (nSPS) is 10.8. The number of nitrogens with zero attached hydrogens (tertiary/aromatic N) is 3. The smallest absolute Gasteiger partial charge is 0.266 e. The number of rotatable bonds is 3. The second-order valence-electron chi connectivity index (χ2n) is 3.67. The summed E-state index contributed by atoms with van der Waals surface area (Å²) in [5, 5.41) is 7.63. The van der Waals surface area contributed by atoms with Gasteiger partial charge < -0.3 is 9.15 Å². The van der Waals surface area contributed by atoms with Crippen molar-refractivity contribution in [2.45, 2.75) is 26.9 Å². The van der Waals surface area contributed by atoms with Crippen LogP contribution in [0.2, 0.25) is 0 Å². The lowest BCUT2D eigenvalue weighted by atomic mass is 10.3. The van der Waals surface area contributed by atoms with Crippen LogP contribution in [0, 0.1) is 6.92 Å². The molecule has 0 N–H and O–H groups in total. The van der Waals surface area contributed by atoms with Gasteiger partial charge in [-0.15, -0.1) is 10.2 Å². The highest BCUT2D eigenvalue weighted by molar-refractivity contribution is 5.46. The predicted octanol–water partition coefficient (Wildman–Crippen LogP) is 2.23. The predicted molar refractivity (Wildman–Crippen MR) is 58.0 cm³/mol. The van der Waals surface area contributed by atoms with Gasteiger partial charge in [-0.25, -0.2) is 4.98 Å². The minimum absolute atomic E-state index is 0.137. The van der Waals surface area contributed by atoms with Gasteiger partial charge in [-0.1, -0.05) is 0 Å². The Morgan fingerprint density at radius 3 is 2.56 bits per heavy atom. The molecule has 2 heterocycles. The highest BCUT2D eigenvalue weighted by Gasteiger charge is 2.07. The summed E-state index contributed by atoms with van der Waals surface area (Å²) < 4.78 is 10.7. The molecule has 16 heavy (non-hydrogen) atoms. The van der Waals surface area contributed by atoms with Crippen LogP contribution >= 0.6 is 0 Å². The van der Waals surface area contributed by atoms with E-state index in [1.54, 1.807) is 19.2 Å². The van der Waals surface area contributed by atoms with Crippen molar-refractivity contribution in [3.8, 4) is 17.3 Å². The van der Waals surface area contributed by atoms with Crippen LogP contribution in [0.5, 0.6) is 5.75 Å². The van der Waals surface area contributed by atoms with Crippen LogP contribution < -0.4 is 4.74 Å². The Kier molecular flexibility index (Phi) is 2.85.